The smallest absolute Gasteiger partial charge is 0.0902 e. The average Bonchev–Trinajstić information content (AvgIpc) is 2.19. The van der Waals surface area contributed by atoms with Crippen molar-refractivity contribution in [2.45, 2.75) is 17.9 Å². The highest BCUT2D eigenvalue weighted by Gasteiger charge is 1.99. The van der Waals surface area contributed by atoms with Gasteiger partial charge < -0.3 is 5.73 Å². The van der Waals surface area contributed by atoms with Crippen LogP contribution in [0.3, 0.4) is 0 Å². The van der Waals surface area contributed by atoms with Crippen LogP contribution in [0.5, 0.6) is 0 Å². The third kappa shape index (κ3) is 3.36. The topological polar surface area (TPSA) is 26.0 Å². The van der Waals surface area contributed by atoms with E-state index in [1.165, 1.54) is 4.90 Å². The highest BCUT2D eigenvalue weighted by molar-refractivity contribution is 7.99. The lowest BCUT2D eigenvalue weighted by Gasteiger charge is -2.05. The first-order chi connectivity index (χ1) is 6.38. The summed E-state index contributed by atoms with van der Waals surface area (Å²) in [5.74, 6) is 0.827. The maximum Gasteiger partial charge on any atom is 0.0902 e. The lowest BCUT2D eigenvalue weighted by Crippen LogP contribution is -1.98. The Hall–Kier alpha value is -0.540. The first kappa shape index (κ1) is 10.5. The number of halogens is 1. The Balaban J connectivity index is 2.54. The molecule has 1 aromatic carbocycles. The van der Waals surface area contributed by atoms with E-state index in [9.17, 15) is 4.39 Å². The standard InChI is InChI=1S/C10H14FNS/c11-6-3-7-13-10-5-2-1-4-9(10)8-12/h1-2,4-5H,3,6-8,12H2. The summed E-state index contributed by atoms with van der Waals surface area (Å²) < 4.78 is 11.8. The van der Waals surface area contributed by atoms with E-state index >= 15 is 0 Å². The zero-order valence-electron chi connectivity index (χ0n) is 7.50. The Bertz CT molecular complexity index is 252. The summed E-state index contributed by atoms with van der Waals surface area (Å²) in [5, 5.41) is 0. The highest BCUT2D eigenvalue weighted by Crippen LogP contribution is 2.22. The first-order valence-electron chi connectivity index (χ1n) is 4.35. The summed E-state index contributed by atoms with van der Waals surface area (Å²) in [6, 6.07) is 8.00. The maximum absolute atomic E-state index is 11.8. The molecule has 0 aromatic heterocycles. The lowest BCUT2D eigenvalue weighted by atomic mass is 10.2. The predicted molar refractivity (Wildman–Crippen MR) is 55.6 cm³/mol. The van der Waals surface area contributed by atoms with Crippen LogP contribution in [0.4, 0.5) is 4.39 Å². The van der Waals surface area contributed by atoms with E-state index in [4.69, 9.17) is 5.73 Å². The van der Waals surface area contributed by atoms with Gasteiger partial charge >= 0.3 is 0 Å². The monoisotopic (exact) mass is 199 g/mol. The largest absolute Gasteiger partial charge is 0.326 e. The molecule has 13 heavy (non-hydrogen) atoms. The Morgan fingerprint density at radius 3 is 2.77 bits per heavy atom. The Morgan fingerprint density at radius 2 is 2.08 bits per heavy atom. The van der Waals surface area contributed by atoms with Gasteiger partial charge in [-0.1, -0.05) is 18.2 Å². The van der Waals surface area contributed by atoms with Crippen LogP contribution in [0.15, 0.2) is 29.2 Å². The van der Waals surface area contributed by atoms with Crippen molar-refractivity contribution in [2.24, 2.45) is 5.73 Å². The Labute approximate surface area is 82.5 Å². The van der Waals surface area contributed by atoms with Crippen LogP contribution >= 0.6 is 11.8 Å². The number of hydrogen-bond donors (Lipinski definition) is 1. The van der Waals surface area contributed by atoms with Crippen LogP contribution in [0.25, 0.3) is 0 Å². The number of hydrogen-bond acceptors (Lipinski definition) is 2. The van der Waals surface area contributed by atoms with Crippen LogP contribution in [-0.2, 0) is 6.54 Å². The van der Waals surface area contributed by atoms with E-state index in [0.29, 0.717) is 13.0 Å². The zero-order valence-corrected chi connectivity index (χ0v) is 8.32. The van der Waals surface area contributed by atoms with Gasteiger partial charge in [0.2, 0.25) is 0 Å². The van der Waals surface area contributed by atoms with E-state index in [1.54, 1.807) is 11.8 Å². The van der Waals surface area contributed by atoms with Gasteiger partial charge in [-0.15, -0.1) is 11.8 Å². The van der Waals surface area contributed by atoms with Crippen LogP contribution in [0.1, 0.15) is 12.0 Å². The SMILES string of the molecule is NCc1ccccc1SCCCF. The molecule has 1 rings (SSSR count). The molecule has 72 valence electrons. The number of thioether (sulfide) groups is 1. The number of nitrogens with two attached hydrogens (primary N) is 1. The van der Waals surface area contributed by atoms with Crippen molar-refractivity contribution in [3.63, 3.8) is 0 Å². The Kier molecular flexibility index (Phi) is 4.86. The summed E-state index contributed by atoms with van der Waals surface area (Å²) in [5.41, 5.74) is 6.71. The van der Waals surface area contributed by atoms with Crippen LogP contribution < -0.4 is 5.73 Å². The summed E-state index contributed by atoms with van der Waals surface area (Å²) in [6.07, 6.45) is 0.615. The van der Waals surface area contributed by atoms with E-state index in [0.717, 1.165) is 11.3 Å². The molecule has 0 atom stereocenters. The second-order valence-corrected chi connectivity index (χ2v) is 3.84. The fourth-order valence-electron chi connectivity index (χ4n) is 1.05. The van der Waals surface area contributed by atoms with Crippen molar-refractivity contribution in [3.8, 4) is 0 Å². The number of rotatable bonds is 5. The molecule has 0 saturated carbocycles. The number of benzene rings is 1. The molecule has 3 heteroatoms. The zero-order chi connectivity index (χ0) is 9.52. The summed E-state index contributed by atoms with van der Waals surface area (Å²) >= 11 is 1.68. The van der Waals surface area contributed by atoms with Gasteiger partial charge in [-0.25, -0.2) is 0 Å². The molecule has 0 amide bonds. The third-order valence-corrected chi connectivity index (χ3v) is 2.93. The van der Waals surface area contributed by atoms with Crippen molar-refractivity contribution in [3.05, 3.63) is 29.8 Å². The number of alkyl halides is 1. The molecule has 0 aliphatic rings. The lowest BCUT2D eigenvalue weighted by molar-refractivity contribution is 0.489. The molecule has 1 aromatic rings. The van der Waals surface area contributed by atoms with Gasteiger partial charge in [-0.3, -0.25) is 4.39 Å². The van der Waals surface area contributed by atoms with Gasteiger partial charge in [0.05, 0.1) is 6.67 Å². The molecule has 0 aliphatic heterocycles. The third-order valence-electron chi connectivity index (χ3n) is 1.73. The fraction of sp³-hybridized carbons (Fsp3) is 0.400. The molecule has 0 radical (unpaired) electrons. The van der Waals surface area contributed by atoms with Gasteiger partial charge in [-0.2, -0.15) is 0 Å². The highest BCUT2D eigenvalue weighted by atomic mass is 32.2. The molecule has 0 spiro atoms. The second kappa shape index (κ2) is 6.00. The summed E-state index contributed by atoms with van der Waals surface area (Å²) in [7, 11) is 0. The fourth-order valence-corrected chi connectivity index (χ4v) is 2.03. The van der Waals surface area contributed by atoms with E-state index in [2.05, 4.69) is 0 Å². The van der Waals surface area contributed by atoms with E-state index in [1.807, 2.05) is 24.3 Å². The van der Waals surface area contributed by atoms with Gasteiger partial charge in [0.1, 0.15) is 0 Å². The normalized spacial score (nSPS) is 10.3. The molecule has 1 nitrogen and oxygen atoms in total. The van der Waals surface area contributed by atoms with Crippen molar-refractivity contribution >= 4 is 11.8 Å². The predicted octanol–water partition coefficient (Wildman–Crippen LogP) is 2.60. The van der Waals surface area contributed by atoms with Gasteiger partial charge in [0, 0.05) is 17.2 Å². The molecular weight excluding hydrogens is 185 g/mol. The molecule has 0 unspecified atom stereocenters. The van der Waals surface area contributed by atoms with Crippen LogP contribution in [0.2, 0.25) is 0 Å². The minimum Gasteiger partial charge on any atom is -0.326 e. The molecule has 0 fully saturated rings. The van der Waals surface area contributed by atoms with Crippen molar-refractivity contribution in [1.82, 2.24) is 0 Å². The van der Waals surface area contributed by atoms with Crippen LogP contribution in [-0.4, -0.2) is 12.4 Å². The minimum atomic E-state index is -0.238. The van der Waals surface area contributed by atoms with Gasteiger partial charge in [-0.05, 0) is 18.1 Å². The van der Waals surface area contributed by atoms with Gasteiger partial charge in [0.25, 0.3) is 0 Å². The minimum absolute atomic E-state index is 0.238. The second-order valence-electron chi connectivity index (χ2n) is 2.70. The van der Waals surface area contributed by atoms with E-state index in [-0.39, 0.29) is 6.67 Å². The van der Waals surface area contributed by atoms with Crippen molar-refractivity contribution < 1.29 is 4.39 Å². The molecule has 0 bridgehead atoms. The average molecular weight is 199 g/mol. The van der Waals surface area contributed by atoms with Crippen molar-refractivity contribution in [1.29, 1.82) is 0 Å². The summed E-state index contributed by atoms with van der Waals surface area (Å²) in [6.45, 7) is 0.316. The molecule has 0 heterocycles. The summed E-state index contributed by atoms with van der Waals surface area (Å²) in [4.78, 5) is 1.18. The quantitative estimate of drug-likeness (QED) is 0.582. The molecule has 0 aliphatic carbocycles. The van der Waals surface area contributed by atoms with Crippen molar-refractivity contribution in [2.75, 3.05) is 12.4 Å². The van der Waals surface area contributed by atoms with Crippen LogP contribution in [0, 0.1) is 0 Å². The molecule has 2 N–H and O–H groups in total. The van der Waals surface area contributed by atoms with Gasteiger partial charge in [0.15, 0.2) is 0 Å². The maximum atomic E-state index is 11.8. The molecular formula is C10H14FNS. The van der Waals surface area contributed by atoms with E-state index < -0.39 is 0 Å². The first-order valence-corrected chi connectivity index (χ1v) is 5.33. The molecule has 0 saturated heterocycles. The Morgan fingerprint density at radius 1 is 1.31 bits per heavy atom.